The monoisotopic (exact) mass is 290 g/mol. The molecule has 0 aromatic heterocycles. The van der Waals surface area contributed by atoms with Gasteiger partial charge in [-0.25, -0.2) is 4.79 Å². The van der Waals surface area contributed by atoms with Crippen molar-refractivity contribution in [3.63, 3.8) is 0 Å². The van der Waals surface area contributed by atoms with Crippen LogP contribution in [-0.4, -0.2) is 19.3 Å². The molecule has 0 amide bonds. The molecule has 0 aliphatic heterocycles. The molecule has 0 spiro atoms. The van der Waals surface area contributed by atoms with Gasteiger partial charge in [0, 0.05) is 6.08 Å². The van der Waals surface area contributed by atoms with Gasteiger partial charge >= 0.3 is 12.1 Å². The van der Waals surface area contributed by atoms with Crippen molar-refractivity contribution in [1.82, 2.24) is 0 Å². The zero-order valence-corrected chi connectivity index (χ0v) is 11.9. The van der Waals surface area contributed by atoms with Crippen molar-refractivity contribution in [3.8, 4) is 0 Å². The molecule has 1 rings (SSSR count). The number of methoxy groups -OCH3 is 1. The van der Waals surface area contributed by atoms with Crippen LogP contribution < -0.4 is 0 Å². The van der Waals surface area contributed by atoms with E-state index < -0.39 is 18.1 Å². The van der Waals surface area contributed by atoms with Crippen LogP contribution in [0.4, 0.5) is 13.2 Å². The van der Waals surface area contributed by atoms with Gasteiger partial charge in [-0.2, -0.15) is 13.2 Å². The summed E-state index contributed by atoms with van der Waals surface area (Å²) < 4.78 is 43.0. The Balaban J connectivity index is 2.87. The number of hydrogen-bond acceptors (Lipinski definition) is 2. The van der Waals surface area contributed by atoms with Crippen LogP contribution in [0.1, 0.15) is 45.4 Å². The number of unbranched alkanes of at least 4 members (excludes halogenated alkanes) is 1. The lowest BCUT2D eigenvalue weighted by Crippen LogP contribution is -2.26. The summed E-state index contributed by atoms with van der Waals surface area (Å²) in [4.78, 5) is 11.1. The van der Waals surface area contributed by atoms with Crippen molar-refractivity contribution in [2.24, 2.45) is 5.92 Å². The Hall–Kier alpha value is -1.26. The fourth-order valence-electron chi connectivity index (χ4n) is 2.41. The van der Waals surface area contributed by atoms with E-state index >= 15 is 0 Å². The van der Waals surface area contributed by atoms with Gasteiger partial charge in [0.05, 0.1) is 13.0 Å². The topological polar surface area (TPSA) is 26.3 Å². The molecule has 0 radical (unpaired) electrons. The standard InChI is InChI=1S/C15H21F3O2/c1-3-4-5-12-10-13(15(16,17)18)8-6-11(12)7-9-14(19)20-2/h7,9,13H,3-6,8,10H2,1-2H3/b9-7+. The van der Waals surface area contributed by atoms with Gasteiger partial charge in [0.1, 0.15) is 0 Å². The highest BCUT2D eigenvalue weighted by molar-refractivity contribution is 5.82. The second kappa shape index (κ2) is 7.50. The summed E-state index contributed by atoms with van der Waals surface area (Å²) in [5.74, 6) is -1.73. The maximum atomic E-state index is 12.8. The SMILES string of the molecule is CCCCC1=C(/C=C/C(=O)OC)CCC(C(F)(F)F)C1. The molecule has 2 nitrogen and oxygen atoms in total. The molecule has 5 heteroatoms. The Morgan fingerprint density at radius 2 is 2.15 bits per heavy atom. The highest BCUT2D eigenvalue weighted by Gasteiger charge is 2.41. The van der Waals surface area contributed by atoms with Crippen molar-refractivity contribution in [2.45, 2.75) is 51.6 Å². The minimum Gasteiger partial charge on any atom is -0.466 e. The number of carbonyl (C=O) groups is 1. The first-order valence-electron chi connectivity index (χ1n) is 6.92. The highest BCUT2D eigenvalue weighted by Crippen LogP contribution is 2.41. The third-order valence-corrected chi connectivity index (χ3v) is 3.63. The molecule has 0 saturated heterocycles. The molecular weight excluding hydrogens is 269 g/mol. The third-order valence-electron chi connectivity index (χ3n) is 3.63. The molecule has 0 N–H and O–H groups in total. The fourth-order valence-corrected chi connectivity index (χ4v) is 2.41. The maximum absolute atomic E-state index is 12.8. The highest BCUT2D eigenvalue weighted by atomic mass is 19.4. The molecule has 1 aliphatic rings. The predicted octanol–water partition coefficient (Wildman–Crippen LogP) is 4.56. The van der Waals surface area contributed by atoms with E-state index in [1.165, 1.54) is 13.2 Å². The molecule has 1 atom stereocenters. The van der Waals surface area contributed by atoms with E-state index in [1.54, 1.807) is 6.08 Å². The summed E-state index contributed by atoms with van der Waals surface area (Å²) in [6, 6.07) is 0. The van der Waals surface area contributed by atoms with Crippen molar-refractivity contribution in [2.75, 3.05) is 7.11 Å². The van der Waals surface area contributed by atoms with Gasteiger partial charge in [-0.15, -0.1) is 0 Å². The average Bonchev–Trinajstić information content (AvgIpc) is 2.41. The number of esters is 1. The quantitative estimate of drug-likeness (QED) is 0.548. The Bertz CT molecular complexity index is 394. The maximum Gasteiger partial charge on any atom is 0.392 e. The summed E-state index contributed by atoms with van der Waals surface area (Å²) in [5, 5.41) is 0. The largest absolute Gasteiger partial charge is 0.466 e. The summed E-state index contributed by atoms with van der Waals surface area (Å²) in [7, 11) is 1.28. The lowest BCUT2D eigenvalue weighted by molar-refractivity contribution is -0.177. The van der Waals surface area contributed by atoms with Gasteiger partial charge in [-0.3, -0.25) is 0 Å². The van der Waals surface area contributed by atoms with Gasteiger partial charge in [0.15, 0.2) is 0 Å². The van der Waals surface area contributed by atoms with Crippen molar-refractivity contribution in [3.05, 3.63) is 23.3 Å². The molecule has 1 unspecified atom stereocenters. The van der Waals surface area contributed by atoms with Crippen molar-refractivity contribution < 1.29 is 22.7 Å². The van der Waals surface area contributed by atoms with E-state index in [-0.39, 0.29) is 12.8 Å². The number of ether oxygens (including phenoxy) is 1. The van der Waals surface area contributed by atoms with Crippen molar-refractivity contribution >= 4 is 5.97 Å². The number of halogens is 3. The molecule has 0 saturated carbocycles. The van der Waals surface area contributed by atoms with E-state index in [0.717, 1.165) is 24.0 Å². The summed E-state index contributed by atoms with van der Waals surface area (Å²) in [6.45, 7) is 2.01. The Morgan fingerprint density at radius 3 is 2.70 bits per heavy atom. The minimum absolute atomic E-state index is 0.0599. The predicted molar refractivity (Wildman–Crippen MR) is 71.1 cm³/mol. The Kier molecular flexibility index (Phi) is 6.30. The molecule has 114 valence electrons. The van der Waals surface area contributed by atoms with Gasteiger partial charge in [-0.05, 0) is 37.7 Å². The number of rotatable bonds is 5. The van der Waals surface area contributed by atoms with Gasteiger partial charge < -0.3 is 4.74 Å². The second-order valence-corrected chi connectivity index (χ2v) is 5.07. The van der Waals surface area contributed by atoms with Crippen LogP contribution in [0.15, 0.2) is 23.3 Å². The van der Waals surface area contributed by atoms with Crippen LogP contribution in [-0.2, 0) is 9.53 Å². The van der Waals surface area contributed by atoms with Crippen LogP contribution in [0.3, 0.4) is 0 Å². The molecule has 0 aromatic rings. The first-order valence-corrected chi connectivity index (χ1v) is 6.92. The second-order valence-electron chi connectivity index (χ2n) is 5.07. The number of hydrogen-bond donors (Lipinski definition) is 0. The molecule has 0 heterocycles. The molecule has 0 bridgehead atoms. The smallest absolute Gasteiger partial charge is 0.392 e. The summed E-state index contributed by atoms with van der Waals surface area (Å²) in [6.07, 6.45) is 1.78. The number of allylic oxidation sites excluding steroid dienone is 3. The van der Waals surface area contributed by atoms with E-state index in [0.29, 0.717) is 12.8 Å². The van der Waals surface area contributed by atoms with Crippen LogP contribution >= 0.6 is 0 Å². The Labute approximate surface area is 117 Å². The normalized spacial score (nSPS) is 20.6. The zero-order chi connectivity index (χ0) is 15.2. The Morgan fingerprint density at radius 1 is 1.45 bits per heavy atom. The molecule has 1 aliphatic carbocycles. The molecule has 0 aromatic carbocycles. The number of alkyl halides is 3. The van der Waals surface area contributed by atoms with Gasteiger partial charge in [0.2, 0.25) is 0 Å². The average molecular weight is 290 g/mol. The molecular formula is C15H21F3O2. The summed E-state index contributed by atoms with van der Waals surface area (Å²) in [5.41, 5.74) is 1.70. The van der Waals surface area contributed by atoms with E-state index in [1.807, 2.05) is 6.92 Å². The van der Waals surface area contributed by atoms with Gasteiger partial charge in [0.25, 0.3) is 0 Å². The van der Waals surface area contributed by atoms with Crippen LogP contribution in [0.5, 0.6) is 0 Å². The van der Waals surface area contributed by atoms with Crippen LogP contribution in [0.25, 0.3) is 0 Å². The number of carbonyl (C=O) groups excluding carboxylic acids is 1. The van der Waals surface area contributed by atoms with E-state index in [4.69, 9.17) is 0 Å². The van der Waals surface area contributed by atoms with E-state index in [2.05, 4.69) is 4.74 Å². The third kappa shape index (κ3) is 5.02. The molecule has 20 heavy (non-hydrogen) atoms. The van der Waals surface area contributed by atoms with E-state index in [9.17, 15) is 18.0 Å². The minimum atomic E-state index is -4.13. The zero-order valence-electron chi connectivity index (χ0n) is 11.9. The lowest BCUT2D eigenvalue weighted by atomic mass is 9.81. The molecule has 0 fully saturated rings. The first-order chi connectivity index (χ1) is 9.38. The first kappa shape index (κ1) is 16.8. The van der Waals surface area contributed by atoms with Crippen LogP contribution in [0.2, 0.25) is 0 Å². The summed E-state index contributed by atoms with van der Waals surface area (Å²) >= 11 is 0. The fraction of sp³-hybridized carbons (Fsp3) is 0.667. The van der Waals surface area contributed by atoms with Crippen molar-refractivity contribution in [1.29, 1.82) is 0 Å². The van der Waals surface area contributed by atoms with Gasteiger partial charge in [-0.1, -0.05) is 25.0 Å². The lowest BCUT2D eigenvalue weighted by Gasteiger charge is -2.28. The van der Waals surface area contributed by atoms with Crippen LogP contribution in [0, 0.1) is 5.92 Å².